The highest BCUT2D eigenvalue weighted by Gasteiger charge is 2.62. The summed E-state index contributed by atoms with van der Waals surface area (Å²) in [5.41, 5.74) is 3.31. The van der Waals surface area contributed by atoms with Gasteiger partial charge < -0.3 is 19.4 Å². The van der Waals surface area contributed by atoms with Crippen LogP contribution in [0.3, 0.4) is 0 Å². The van der Waals surface area contributed by atoms with Crippen molar-refractivity contribution >= 4 is 0 Å². The summed E-state index contributed by atoms with van der Waals surface area (Å²) in [6, 6.07) is 27.9. The van der Waals surface area contributed by atoms with Gasteiger partial charge in [0.15, 0.2) is 30.4 Å². The molecule has 0 saturated heterocycles. The Bertz CT molecular complexity index is 2500. The van der Waals surface area contributed by atoms with Crippen LogP contribution >= 0.6 is 0 Å². The van der Waals surface area contributed by atoms with Crippen molar-refractivity contribution in [3.63, 3.8) is 0 Å². The molecule has 2 aliphatic carbocycles. The molecule has 0 spiro atoms. The number of halogens is 8. The predicted molar refractivity (Wildman–Crippen MR) is 234 cm³/mol. The maximum atomic E-state index is 13.4. The molecule has 2 aliphatic rings. The van der Waals surface area contributed by atoms with Gasteiger partial charge in [0.25, 0.3) is 7.14 Å². The first kappa shape index (κ1) is 57.1. The number of benzene rings is 4. The van der Waals surface area contributed by atoms with Crippen molar-refractivity contribution in [1.82, 2.24) is 0 Å². The lowest BCUT2D eigenvalue weighted by atomic mass is 9.87. The zero-order chi connectivity index (χ0) is 52.7. The van der Waals surface area contributed by atoms with Crippen molar-refractivity contribution in [3.8, 4) is 36.4 Å². The third-order valence-corrected chi connectivity index (χ3v) is 16.8. The molecule has 352 valence electrons. The van der Waals surface area contributed by atoms with E-state index in [1.165, 1.54) is 18.3 Å². The zero-order valence-corrected chi connectivity index (χ0v) is 42.5. The van der Waals surface area contributed by atoms with Crippen LogP contribution in [0.25, 0.3) is 19.4 Å². The lowest BCUT2D eigenvalue weighted by Gasteiger charge is -2.18. The Morgan fingerprint density at radius 2 is 0.629 bits per heavy atom. The Morgan fingerprint density at radius 3 is 0.814 bits per heavy atom. The fraction of sp³-hybridized carbons (Fsp3) is 0.346. The predicted octanol–water partition coefficient (Wildman–Crippen LogP) is 5.05. The molecule has 8 unspecified atom stereocenters. The van der Waals surface area contributed by atoms with Crippen molar-refractivity contribution in [2.45, 2.75) is 76.5 Å². The van der Waals surface area contributed by atoms with Crippen molar-refractivity contribution in [2.75, 3.05) is 0 Å². The van der Waals surface area contributed by atoms with Gasteiger partial charge in [0, 0.05) is 24.3 Å². The third kappa shape index (κ3) is 14.0. The van der Waals surface area contributed by atoms with E-state index in [2.05, 4.69) is 109 Å². The van der Waals surface area contributed by atoms with Gasteiger partial charge >= 0.3 is 66.6 Å². The van der Waals surface area contributed by atoms with Gasteiger partial charge in [-0.15, -0.1) is 0 Å². The Balaban J connectivity index is 0.000000250. The quantitative estimate of drug-likeness (QED) is 0.0915. The van der Waals surface area contributed by atoms with Gasteiger partial charge in [-0.3, -0.25) is 0 Å². The molecule has 8 atom stereocenters. The van der Waals surface area contributed by atoms with Crippen LogP contribution in [0.4, 0.5) is 26.3 Å². The fourth-order valence-corrected chi connectivity index (χ4v) is 11.5. The highest BCUT2D eigenvalue weighted by atomic mass is 127. The van der Waals surface area contributed by atoms with E-state index in [0.717, 1.165) is 0 Å². The third-order valence-electron chi connectivity index (χ3n) is 10.9. The monoisotopic (exact) mass is 1170 g/mol. The minimum atomic E-state index is -1.92. The Kier molecular flexibility index (Phi) is 20.8. The lowest BCUT2D eigenvalue weighted by molar-refractivity contribution is -0.609. The molecule has 4 aromatic rings. The van der Waals surface area contributed by atoms with Crippen LogP contribution in [0, 0.1) is 179 Å². The second-order valence-corrected chi connectivity index (χ2v) is 23.2. The number of hydrogen-bond donors (Lipinski definition) is 0. The molecule has 18 heteroatoms. The summed E-state index contributed by atoms with van der Waals surface area (Å²) in [4.78, 5) is 12.8. The molecule has 0 aliphatic heterocycles. The smallest absolute Gasteiger partial charge is 0.303 e. The number of rotatable bonds is 4. The van der Waals surface area contributed by atoms with Crippen LogP contribution in [-0.4, -0.2) is 24.2 Å². The molecular weight excluding hydrogens is 1130 g/mol. The van der Waals surface area contributed by atoms with E-state index in [0.29, 0.717) is 24.3 Å². The van der Waals surface area contributed by atoms with E-state index >= 15 is 0 Å². The fourth-order valence-electron chi connectivity index (χ4n) is 7.20. The average molecular weight is 1170 g/mol. The normalized spacial score (nSPS) is 22.8. The van der Waals surface area contributed by atoms with Crippen LogP contribution in [0.2, 0.25) is 0 Å². The van der Waals surface area contributed by atoms with E-state index in [1.807, 2.05) is 36.4 Å². The molecule has 0 aromatic heterocycles. The first-order chi connectivity index (χ1) is 33.0. The van der Waals surface area contributed by atoms with Crippen LogP contribution < -0.4 is 42.4 Å². The van der Waals surface area contributed by atoms with E-state index in [9.17, 15) is 26.3 Å². The summed E-state index contributed by atoms with van der Waals surface area (Å²) in [7, 11) is 0. The summed E-state index contributed by atoms with van der Waals surface area (Å²) >= 11 is -1.99. The van der Waals surface area contributed by atoms with Crippen molar-refractivity contribution in [2.24, 2.45) is 35.5 Å². The first-order valence-corrected chi connectivity index (χ1v) is 25.0. The summed E-state index contributed by atoms with van der Waals surface area (Å²) in [5, 5.41) is 53.0. The summed E-state index contributed by atoms with van der Waals surface area (Å²) in [5.74, 6) is -12.0. The molecular formula is C52H40F6I2N10+2. The number of nitriles is 6. The van der Waals surface area contributed by atoms with Gasteiger partial charge in [0.05, 0.1) is 48.3 Å². The Hall–Kier alpha value is -7.18. The van der Waals surface area contributed by atoms with Crippen molar-refractivity contribution in [1.29, 1.82) is 31.6 Å². The molecule has 4 aromatic carbocycles. The van der Waals surface area contributed by atoms with Gasteiger partial charge in [0.1, 0.15) is 35.3 Å². The topological polar surface area (TPSA) is 160 Å². The van der Waals surface area contributed by atoms with Gasteiger partial charge in [0.2, 0.25) is 0 Å². The minimum Gasteiger partial charge on any atom is -0.303 e. The maximum absolute atomic E-state index is 13.4. The number of hydrogen-bond acceptors (Lipinski definition) is 6. The van der Waals surface area contributed by atoms with E-state index in [4.69, 9.17) is 57.9 Å². The Labute approximate surface area is 424 Å². The first-order valence-electron chi connectivity index (χ1n) is 20.7. The van der Waals surface area contributed by atoms with Crippen molar-refractivity contribution < 1.29 is 68.8 Å². The van der Waals surface area contributed by atoms with Crippen LogP contribution in [0.5, 0.6) is 0 Å². The second kappa shape index (κ2) is 25.4. The molecule has 2 saturated carbocycles. The van der Waals surface area contributed by atoms with E-state index in [-0.39, 0.29) is 32.0 Å². The molecule has 0 heterocycles. The highest BCUT2D eigenvalue weighted by molar-refractivity contribution is 5.29. The molecule has 0 bridgehead atoms. The molecule has 10 nitrogen and oxygen atoms in total. The molecule has 0 N–H and O–H groups in total. The van der Waals surface area contributed by atoms with Gasteiger partial charge in [-0.05, 0) is 46.2 Å². The average Bonchev–Trinajstić information content (AvgIpc) is 3.80. The summed E-state index contributed by atoms with van der Waals surface area (Å²) < 4.78 is 80.7. The molecule has 2 fully saturated rings. The molecule has 6 rings (SSSR count). The Morgan fingerprint density at radius 1 is 0.400 bits per heavy atom. The largest absolute Gasteiger partial charge is 0.370 e. The lowest BCUT2D eigenvalue weighted by Crippen LogP contribution is -3.62. The molecule has 0 amide bonds. The van der Waals surface area contributed by atoms with Crippen LogP contribution in [0.15, 0.2) is 72.8 Å². The summed E-state index contributed by atoms with van der Waals surface area (Å²) in [6.07, 6.45) is 0. The van der Waals surface area contributed by atoms with E-state index in [1.54, 1.807) is 0 Å². The highest BCUT2D eigenvalue weighted by Crippen LogP contribution is 2.41. The molecule has 70 heavy (non-hydrogen) atoms. The van der Waals surface area contributed by atoms with Crippen molar-refractivity contribution in [3.05, 3.63) is 179 Å². The second-order valence-electron chi connectivity index (χ2n) is 17.5. The minimum absolute atomic E-state index is 0.0703. The molecule has 0 radical (unpaired) electrons. The standard InChI is InChI=1S/C20H26I.C12H4F6I.2C10H5N5/c1-19(2,3)15-7-11-17(12-8-15)21-18-13-9-16(10-14-18)20(4,5)6;13-5-1-7(15)11(8(16)2-5)19-12-9(17)3-6(14)4-10(12)18;2*1-14-9-7(4-12)6(3-11)8(5-13)10(9)15-2/h7-14H,1-6H3;1-4H;2*6-10H/q2*+1;;. The van der Waals surface area contributed by atoms with Crippen LogP contribution in [0.1, 0.15) is 52.7 Å². The van der Waals surface area contributed by atoms with E-state index < -0.39 is 123 Å². The van der Waals surface area contributed by atoms with Gasteiger partial charge in [-0.2, -0.15) is 31.6 Å². The zero-order valence-electron chi connectivity index (χ0n) is 38.2. The number of nitrogens with zero attached hydrogens (tertiary/aromatic N) is 10. The summed E-state index contributed by atoms with van der Waals surface area (Å²) in [6.45, 7) is 41.2. The van der Waals surface area contributed by atoms with Gasteiger partial charge in [-0.1, -0.05) is 65.8 Å². The SMILES string of the molecule is CC(C)(C)c1ccc([I+]c2ccc(C(C)(C)C)cc2)cc1.Fc1cc(F)c([I+]c2c(F)cc(F)cc2F)c(F)c1.[C-]#[N+]C1C(C#N)C(C#N)C(C#N)C1[N+]#[C-].[C-]#[N+]C1C(C#N)C(C#N)C(C#N)C1[N+]#[C-]. The van der Waals surface area contributed by atoms with Crippen LogP contribution in [-0.2, 0) is 10.8 Å². The maximum Gasteiger partial charge on any atom is 0.370 e. The van der Waals surface area contributed by atoms with Gasteiger partial charge in [-0.25, -0.2) is 52.6 Å².